The molecule has 0 fully saturated rings. The molecule has 28 heavy (non-hydrogen) atoms. The second-order valence-electron chi connectivity index (χ2n) is 6.18. The third-order valence-corrected chi connectivity index (χ3v) is 7.39. The van der Waals surface area contributed by atoms with Gasteiger partial charge in [0.15, 0.2) is 0 Å². The van der Waals surface area contributed by atoms with Gasteiger partial charge in [0.1, 0.15) is 0 Å². The molecule has 0 spiro atoms. The molecule has 4 rings (SSSR count). The Bertz CT molecular complexity index is 985. The van der Waals surface area contributed by atoms with Crippen LogP contribution in [-0.4, -0.2) is 0 Å². The minimum absolute atomic E-state index is 0.774. The van der Waals surface area contributed by atoms with Crippen LogP contribution in [0.25, 0.3) is 22.3 Å². The van der Waals surface area contributed by atoms with Gasteiger partial charge in [0.05, 0.1) is 0 Å². The molecular weight excluding hydrogens is 423 g/mol. The van der Waals surface area contributed by atoms with Gasteiger partial charge in [-0.25, -0.2) is 0 Å². The zero-order chi connectivity index (χ0) is 19.3. The normalized spacial score (nSPS) is 10.8. The Kier molecular flexibility index (Phi) is 6.33. The summed E-state index contributed by atoms with van der Waals surface area (Å²) in [7, 11) is 3.49. The van der Waals surface area contributed by atoms with Gasteiger partial charge in [-0.3, -0.25) is 0 Å². The Balaban J connectivity index is 1.42. The Labute approximate surface area is 183 Å². The minimum atomic E-state index is 0.774. The van der Waals surface area contributed by atoms with Crippen molar-refractivity contribution in [3.63, 3.8) is 0 Å². The molecule has 0 aliphatic heterocycles. The molecule has 4 heteroatoms. The van der Waals surface area contributed by atoms with Crippen LogP contribution in [0.4, 0.5) is 0 Å². The third kappa shape index (κ3) is 4.59. The van der Waals surface area contributed by atoms with Gasteiger partial charge in [-0.05, 0) is 47.5 Å². The Morgan fingerprint density at radius 2 is 0.786 bits per heavy atom. The molecule has 4 aromatic rings. The highest BCUT2D eigenvalue weighted by molar-refractivity contribution is 8.76. The molecule has 4 aromatic carbocycles. The predicted octanol–water partition coefficient (Wildman–Crippen LogP) is 9.13. The summed E-state index contributed by atoms with van der Waals surface area (Å²) in [6.45, 7) is 0. The number of halogens is 2. The zero-order valence-corrected chi connectivity index (χ0v) is 18.0. The van der Waals surface area contributed by atoms with Crippen LogP contribution in [0.2, 0.25) is 10.0 Å². The maximum absolute atomic E-state index is 6.29. The van der Waals surface area contributed by atoms with Crippen molar-refractivity contribution in [2.45, 2.75) is 9.79 Å². The second kappa shape index (κ2) is 9.11. The van der Waals surface area contributed by atoms with E-state index in [0.717, 1.165) is 32.3 Å². The molecule has 0 nitrogen and oxygen atoms in total. The van der Waals surface area contributed by atoms with Gasteiger partial charge >= 0.3 is 0 Å². The lowest BCUT2D eigenvalue weighted by Gasteiger charge is -2.07. The van der Waals surface area contributed by atoms with Crippen LogP contribution in [-0.2, 0) is 0 Å². The number of hydrogen-bond acceptors (Lipinski definition) is 2. The van der Waals surface area contributed by atoms with Gasteiger partial charge in [0.25, 0.3) is 0 Å². The van der Waals surface area contributed by atoms with Crippen LogP contribution < -0.4 is 0 Å². The average molecular weight is 439 g/mol. The van der Waals surface area contributed by atoms with E-state index in [1.807, 2.05) is 48.5 Å². The minimum Gasteiger partial charge on any atom is -0.0837 e. The van der Waals surface area contributed by atoms with Crippen molar-refractivity contribution < 1.29 is 0 Å². The van der Waals surface area contributed by atoms with E-state index in [1.54, 1.807) is 21.6 Å². The Morgan fingerprint density at radius 1 is 0.429 bits per heavy atom. The summed E-state index contributed by atoms with van der Waals surface area (Å²) in [4.78, 5) is 2.41. The Morgan fingerprint density at radius 3 is 1.14 bits per heavy atom. The van der Waals surface area contributed by atoms with E-state index < -0.39 is 0 Å². The fourth-order valence-electron chi connectivity index (χ4n) is 2.87. The standard InChI is InChI=1S/C24H16Cl2S2/c25-23-7-3-1-5-21(23)17-9-13-19(14-10-17)27-28-20-15-11-18(12-16-20)22-6-2-4-8-24(22)26/h1-16H. The summed E-state index contributed by atoms with van der Waals surface area (Å²) in [6, 6.07) is 32.8. The molecule has 0 radical (unpaired) electrons. The fraction of sp³-hybridized carbons (Fsp3) is 0. The first-order valence-corrected chi connectivity index (χ1v) is 11.7. The van der Waals surface area contributed by atoms with Crippen LogP contribution in [0, 0.1) is 0 Å². The molecule has 0 atom stereocenters. The number of benzene rings is 4. The van der Waals surface area contributed by atoms with E-state index >= 15 is 0 Å². The maximum atomic E-state index is 6.29. The molecule has 0 amide bonds. The molecule has 0 N–H and O–H groups in total. The first-order valence-electron chi connectivity index (χ1n) is 8.75. The van der Waals surface area contributed by atoms with Crippen molar-refractivity contribution in [1.29, 1.82) is 0 Å². The lowest BCUT2D eigenvalue weighted by atomic mass is 10.1. The van der Waals surface area contributed by atoms with Gasteiger partial charge in [-0.2, -0.15) is 0 Å². The molecule has 138 valence electrons. The summed E-state index contributed by atoms with van der Waals surface area (Å²) < 4.78 is 0. The smallest absolute Gasteiger partial charge is 0.0484 e. The summed E-state index contributed by atoms with van der Waals surface area (Å²) in [5.74, 6) is 0. The van der Waals surface area contributed by atoms with E-state index in [0.29, 0.717) is 0 Å². The molecule has 0 bridgehead atoms. The predicted molar refractivity (Wildman–Crippen MR) is 125 cm³/mol. The summed E-state index contributed by atoms with van der Waals surface area (Å²) >= 11 is 12.6. The van der Waals surface area contributed by atoms with Crippen LogP contribution in [0.15, 0.2) is 107 Å². The van der Waals surface area contributed by atoms with Crippen molar-refractivity contribution in [3.8, 4) is 22.3 Å². The van der Waals surface area contributed by atoms with E-state index in [4.69, 9.17) is 23.2 Å². The first kappa shape index (κ1) is 19.5. The highest BCUT2D eigenvalue weighted by atomic mass is 35.5. The molecule has 0 aliphatic carbocycles. The van der Waals surface area contributed by atoms with Crippen molar-refractivity contribution in [2.75, 3.05) is 0 Å². The van der Waals surface area contributed by atoms with Crippen LogP contribution in [0.1, 0.15) is 0 Å². The topological polar surface area (TPSA) is 0 Å². The quantitative estimate of drug-likeness (QED) is 0.284. The lowest BCUT2D eigenvalue weighted by molar-refractivity contribution is 1.46. The molecule has 0 saturated heterocycles. The van der Waals surface area contributed by atoms with E-state index in [2.05, 4.69) is 48.5 Å². The van der Waals surface area contributed by atoms with Crippen LogP contribution in [0.5, 0.6) is 0 Å². The molecule has 0 aliphatic rings. The van der Waals surface area contributed by atoms with Crippen molar-refractivity contribution in [2.24, 2.45) is 0 Å². The largest absolute Gasteiger partial charge is 0.0837 e. The molecule has 0 aromatic heterocycles. The summed E-state index contributed by atoms with van der Waals surface area (Å²) in [5.41, 5.74) is 4.38. The SMILES string of the molecule is Clc1ccccc1-c1ccc(SSc2ccc(-c3ccccc3Cl)cc2)cc1. The van der Waals surface area contributed by atoms with E-state index in [9.17, 15) is 0 Å². The van der Waals surface area contributed by atoms with Crippen LogP contribution in [0.3, 0.4) is 0 Å². The maximum Gasteiger partial charge on any atom is 0.0484 e. The fourth-order valence-corrected chi connectivity index (χ4v) is 5.29. The average Bonchev–Trinajstić information content (AvgIpc) is 2.74. The van der Waals surface area contributed by atoms with Gasteiger partial charge in [0.2, 0.25) is 0 Å². The Hall–Kier alpha value is -1.84. The summed E-state index contributed by atoms with van der Waals surface area (Å²) in [5, 5.41) is 1.55. The van der Waals surface area contributed by atoms with E-state index in [1.165, 1.54) is 9.79 Å². The molecule has 0 saturated carbocycles. The third-order valence-electron chi connectivity index (χ3n) is 4.31. The van der Waals surface area contributed by atoms with Crippen molar-refractivity contribution in [1.82, 2.24) is 0 Å². The van der Waals surface area contributed by atoms with Gasteiger partial charge in [-0.1, -0.05) is 105 Å². The molecular formula is C24H16Cl2S2. The first-order chi connectivity index (χ1) is 13.7. The van der Waals surface area contributed by atoms with Gasteiger partial charge in [0, 0.05) is 31.0 Å². The highest BCUT2D eigenvalue weighted by Gasteiger charge is 2.05. The molecule has 0 unspecified atom stereocenters. The van der Waals surface area contributed by atoms with Crippen LogP contribution >= 0.6 is 44.8 Å². The monoisotopic (exact) mass is 438 g/mol. The lowest BCUT2D eigenvalue weighted by Crippen LogP contribution is -1.80. The van der Waals surface area contributed by atoms with Gasteiger partial charge in [-0.15, -0.1) is 0 Å². The van der Waals surface area contributed by atoms with Crippen molar-refractivity contribution in [3.05, 3.63) is 107 Å². The number of rotatable bonds is 5. The highest BCUT2D eigenvalue weighted by Crippen LogP contribution is 2.39. The van der Waals surface area contributed by atoms with Crippen molar-refractivity contribution >= 4 is 44.8 Å². The van der Waals surface area contributed by atoms with E-state index in [-0.39, 0.29) is 0 Å². The van der Waals surface area contributed by atoms with Gasteiger partial charge < -0.3 is 0 Å². The number of hydrogen-bond donors (Lipinski definition) is 0. The zero-order valence-electron chi connectivity index (χ0n) is 14.8. The summed E-state index contributed by atoms with van der Waals surface area (Å²) in [6.07, 6.45) is 0. The second-order valence-corrected chi connectivity index (χ2v) is 9.27. The molecule has 0 heterocycles.